The smallest absolute Gasteiger partial charge is 0.119 e. The highest BCUT2D eigenvalue weighted by molar-refractivity contribution is 5.38. The number of benzene rings is 1. The summed E-state index contributed by atoms with van der Waals surface area (Å²) in [5.74, 6) is 2.18. The van der Waals surface area contributed by atoms with Gasteiger partial charge in [-0.2, -0.15) is 0 Å². The molecule has 0 saturated heterocycles. The molecule has 3 nitrogen and oxygen atoms in total. The van der Waals surface area contributed by atoms with E-state index >= 15 is 0 Å². The van der Waals surface area contributed by atoms with Gasteiger partial charge < -0.3 is 14.7 Å². The monoisotopic (exact) mass is 331 g/mol. The van der Waals surface area contributed by atoms with E-state index in [2.05, 4.69) is 24.1 Å². The minimum Gasteiger partial charge on any atom is -0.497 e. The third kappa shape index (κ3) is 4.31. The van der Waals surface area contributed by atoms with E-state index in [1.165, 1.54) is 44.2 Å². The number of hydrogen-bond acceptors (Lipinski definition) is 3. The van der Waals surface area contributed by atoms with Crippen molar-refractivity contribution in [2.24, 2.45) is 11.8 Å². The summed E-state index contributed by atoms with van der Waals surface area (Å²) in [5.41, 5.74) is 2.37. The van der Waals surface area contributed by atoms with E-state index in [1.54, 1.807) is 7.11 Å². The van der Waals surface area contributed by atoms with Gasteiger partial charge in [-0.1, -0.05) is 25.3 Å². The van der Waals surface area contributed by atoms with Crippen LogP contribution < -0.4 is 4.74 Å². The van der Waals surface area contributed by atoms with E-state index in [-0.39, 0.29) is 6.10 Å². The predicted molar refractivity (Wildman–Crippen MR) is 98.5 cm³/mol. The third-order valence-electron chi connectivity index (χ3n) is 6.08. The van der Waals surface area contributed by atoms with Gasteiger partial charge in [0.25, 0.3) is 0 Å². The zero-order valence-corrected chi connectivity index (χ0v) is 15.3. The third-order valence-corrected chi connectivity index (χ3v) is 6.08. The summed E-state index contributed by atoms with van der Waals surface area (Å²) < 4.78 is 5.31. The van der Waals surface area contributed by atoms with Gasteiger partial charge in [0.05, 0.1) is 13.2 Å². The highest BCUT2D eigenvalue weighted by Gasteiger charge is 2.28. The lowest BCUT2D eigenvalue weighted by Crippen LogP contribution is -2.30. The summed E-state index contributed by atoms with van der Waals surface area (Å²) in [5, 5.41) is 10.8. The molecular weight excluding hydrogens is 298 g/mol. The maximum absolute atomic E-state index is 10.8. The molecule has 0 radical (unpaired) electrons. The van der Waals surface area contributed by atoms with Crippen LogP contribution in [0.4, 0.5) is 0 Å². The number of aliphatic hydroxyl groups excluding tert-OH is 1. The Labute approximate surface area is 147 Å². The topological polar surface area (TPSA) is 32.7 Å². The molecule has 134 valence electrons. The summed E-state index contributed by atoms with van der Waals surface area (Å²) >= 11 is 0. The van der Waals surface area contributed by atoms with Crippen LogP contribution in [0.3, 0.4) is 0 Å². The number of rotatable bonds is 6. The number of methoxy groups -OCH3 is 1. The molecule has 1 aromatic carbocycles. The molecule has 0 heterocycles. The first-order valence-electron chi connectivity index (χ1n) is 9.71. The summed E-state index contributed by atoms with van der Waals surface area (Å²) in [6.45, 7) is 2.33. The number of aryl methyl sites for hydroxylation is 1. The van der Waals surface area contributed by atoms with Crippen molar-refractivity contribution < 1.29 is 9.84 Å². The van der Waals surface area contributed by atoms with E-state index < -0.39 is 0 Å². The molecule has 0 bridgehead atoms. The maximum atomic E-state index is 10.8. The van der Waals surface area contributed by atoms with Crippen molar-refractivity contribution in [2.75, 3.05) is 27.2 Å². The molecule has 2 atom stereocenters. The lowest BCUT2D eigenvalue weighted by atomic mass is 9.79. The first kappa shape index (κ1) is 17.8. The molecule has 24 heavy (non-hydrogen) atoms. The summed E-state index contributed by atoms with van der Waals surface area (Å²) in [7, 11) is 3.95. The van der Waals surface area contributed by atoms with Crippen LogP contribution in [0.1, 0.15) is 62.2 Å². The van der Waals surface area contributed by atoms with E-state index in [0.717, 1.165) is 43.0 Å². The lowest BCUT2D eigenvalue weighted by Gasteiger charge is -2.32. The molecule has 3 rings (SSSR count). The number of ether oxygens (including phenoxy) is 1. The number of aliphatic hydroxyl groups is 1. The summed E-state index contributed by atoms with van der Waals surface area (Å²) in [4.78, 5) is 2.49. The number of hydrogen-bond donors (Lipinski definition) is 1. The maximum Gasteiger partial charge on any atom is 0.119 e. The van der Waals surface area contributed by atoms with Gasteiger partial charge in [0.15, 0.2) is 0 Å². The molecule has 1 fully saturated rings. The second kappa shape index (κ2) is 8.35. The molecule has 3 heteroatoms. The van der Waals surface area contributed by atoms with Crippen molar-refractivity contribution in [1.29, 1.82) is 0 Å². The molecule has 0 aromatic heterocycles. The molecule has 1 N–H and O–H groups in total. The first-order valence-corrected chi connectivity index (χ1v) is 9.71. The molecule has 2 aliphatic rings. The zero-order chi connectivity index (χ0) is 16.9. The number of nitrogens with zero attached hydrogens (tertiary/aromatic N) is 1. The number of fused-ring (bicyclic) bond motifs is 1. The Hall–Kier alpha value is -1.06. The van der Waals surface area contributed by atoms with Gasteiger partial charge in [-0.3, -0.25) is 0 Å². The van der Waals surface area contributed by atoms with Gasteiger partial charge in [0.2, 0.25) is 0 Å². The summed E-state index contributed by atoms with van der Waals surface area (Å²) in [6, 6.07) is 6.11. The largest absolute Gasteiger partial charge is 0.497 e. The molecule has 1 aromatic rings. The molecule has 2 unspecified atom stereocenters. The van der Waals surface area contributed by atoms with Crippen molar-refractivity contribution >= 4 is 0 Å². The van der Waals surface area contributed by atoms with Gasteiger partial charge in [-0.25, -0.2) is 0 Å². The van der Waals surface area contributed by atoms with Crippen LogP contribution in [0.25, 0.3) is 0 Å². The van der Waals surface area contributed by atoms with Gasteiger partial charge in [0, 0.05) is 6.54 Å². The molecule has 0 amide bonds. The fourth-order valence-electron chi connectivity index (χ4n) is 4.56. The van der Waals surface area contributed by atoms with E-state index in [4.69, 9.17) is 4.74 Å². The highest BCUT2D eigenvalue weighted by Crippen LogP contribution is 2.37. The quantitative estimate of drug-likeness (QED) is 0.848. The van der Waals surface area contributed by atoms with Crippen molar-refractivity contribution in [2.45, 2.75) is 57.5 Å². The van der Waals surface area contributed by atoms with Gasteiger partial charge >= 0.3 is 0 Å². The molecule has 1 saturated carbocycles. The van der Waals surface area contributed by atoms with Crippen LogP contribution in [0.15, 0.2) is 18.2 Å². The fraction of sp³-hybridized carbons (Fsp3) is 0.714. The second-order valence-corrected chi connectivity index (χ2v) is 7.86. The average Bonchev–Trinajstić information content (AvgIpc) is 2.61. The fourth-order valence-corrected chi connectivity index (χ4v) is 4.56. The SMILES string of the molecule is COc1ccc2c(c1)CCC(CCN(C)CC1CCCCC1)C2O. The molecule has 0 spiro atoms. The van der Waals surface area contributed by atoms with Crippen molar-refractivity contribution in [3.8, 4) is 5.75 Å². The van der Waals surface area contributed by atoms with Crippen LogP contribution in [0.2, 0.25) is 0 Å². The van der Waals surface area contributed by atoms with Crippen LogP contribution in [-0.4, -0.2) is 37.3 Å². The molecule has 2 aliphatic carbocycles. The average molecular weight is 332 g/mol. The van der Waals surface area contributed by atoms with Gasteiger partial charge in [0.1, 0.15) is 5.75 Å². The van der Waals surface area contributed by atoms with Crippen molar-refractivity contribution in [1.82, 2.24) is 4.90 Å². The highest BCUT2D eigenvalue weighted by atomic mass is 16.5. The van der Waals surface area contributed by atoms with E-state index in [0.29, 0.717) is 5.92 Å². The lowest BCUT2D eigenvalue weighted by molar-refractivity contribution is 0.0803. The minimum absolute atomic E-state index is 0.317. The Balaban J connectivity index is 1.50. The molecular formula is C21H33NO2. The second-order valence-electron chi connectivity index (χ2n) is 7.86. The predicted octanol–water partition coefficient (Wildman–Crippen LogP) is 4.19. The Bertz CT molecular complexity index is 525. The van der Waals surface area contributed by atoms with Crippen LogP contribution in [0, 0.1) is 11.8 Å². The van der Waals surface area contributed by atoms with Crippen LogP contribution >= 0.6 is 0 Å². The Kier molecular flexibility index (Phi) is 6.18. The van der Waals surface area contributed by atoms with Gasteiger partial charge in [-0.05, 0) is 80.8 Å². The Morgan fingerprint density at radius 3 is 2.71 bits per heavy atom. The van der Waals surface area contributed by atoms with Crippen LogP contribution in [-0.2, 0) is 6.42 Å². The molecule has 0 aliphatic heterocycles. The van der Waals surface area contributed by atoms with Crippen molar-refractivity contribution in [3.05, 3.63) is 29.3 Å². The zero-order valence-electron chi connectivity index (χ0n) is 15.3. The Morgan fingerprint density at radius 2 is 1.96 bits per heavy atom. The van der Waals surface area contributed by atoms with E-state index in [9.17, 15) is 5.11 Å². The Morgan fingerprint density at radius 1 is 1.17 bits per heavy atom. The minimum atomic E-state index is -0.317. The standard InChI is InChI=1S/C21H33NO2/c1-22(15-16-6-4-3-5-7-16)13-12-17-8-9-18-14-19(24-2)10-11-20(18)21(17)23/h10-11,14,16-17,21,23H,3-9,12-13,15H2,1-2H3. The normalized spacial score (nSPS) is 24.8. The first-order chi connectivity index (χ1) is 11.7. The van der Waals surface area contributed by atoms with E-state index in [1.807, 2.05) is 6.07 Å². The van der Waals surface area contributed by atoms with Crippen molar-refractivity contribution in [3.63, 3.8) is 0 Å². The van der Waals surface area contributed by atoms with Gasteiger partial charge in [-0.15, -0.1) is 0 Å². The summed E-state index contributed by atoms with van der Waals surface area (Å²) in [6.07, 6.45) is 9.99. The van der Waals surface area contributed by atoms with Crippen LogP contribution in [0.5, 0.6) is 5.75 Å².